The van der Waals surface area contributed by atoms with Crippen LogP contribution in [0.3, 0.4) is 0 Å². The van der Waals surface area contributed by atoms with Crippen LogP contribution in [0.1, 0.15) is 55.9 Å². The summed E-state index contributed by atoms with van der Waals surface area (Å²) in [5, 5.41) is 3.03. The minimum Gasteiger partial charge on any atom is -0.488 e. The number of carbonyl (C=O) groups excluding carboxylic acids is 2. The standard InChI is InChI=1S/C22H27ClN2O3S/c1-13(2)16-12-25(21(27)17-10-11-18(23)29-17)19(20(26)24-22(3,4)5)14-8-6-7-9-15(14)28-16/h6-11,13,16,19H,12H2,1-5H3,(H,24,26)/t16-,19-/m1/s1. The van der Waals surface area contributed by atoms with E-state index < -0.39 is 11.6 Å². The topological polar surface area (TPSA) is 58.6 Å². The Morgan fingerprint density at radius 1 is 1.21 bits per heavy atom. The SMILES string of the molecule is CC(C)[C@H]1CN(C(=O)c2ccc(Cl)s2)[C@@H](C(=O)NC(C)(C)C)c2ccccc2O1. The molecule has 0 unspecified atom stereocenters. The molecule has 0 saturated heterocycles. The van der Waals surface area contributed by atoms with Gasteiger partial charge in [0.1, 0.15) is 17.9 Å². The molecule has 0 aliphatic carbocycles. The van der Waals surface area contributed by atoms with E-state index in [2.05, 4.69) is 5.32 Å². The summed E-state index contributed by atoms with van der Waals surface area (Å²) < 4.78 is 6.79. The van der Waals surface area contributed by atoms with E-state index in [1.165, 1.54) is 11.3 Å². The molecule has 0 bridgehead atoms. The average molecular weight is 435 g/mol. The van der Waals surface area contributed by atoms with Crippen LogP contribution in [0.25, 0.3) is 0 Å². The number of fused-ring (bicyclic) bond motifs is 1. The summed E-state index contributed by atoms with van der Waals surface area (Å²) in [7, 11) is 0. The van der Waals surface area contributed by atoms with Crippen LogP contribution in [-0.4, -0.2) is 34.9 Å². The van der Waals surface area contributed by atoms with Gasteiger partial charge in [0.25, 0.3) is 5.91 Å². The van der Waals surface area contributed by atoms with E-state index in [1.54, 1.807) is 17.0 Å². The summed E-state index contributed by atoms with van der Waals surface area (Å²) in [5.41, 5.74) is 0.255. The van der Waals surface area contributed by atoms with Gasteiger partial charge in [-0.1, -0.05) is 43.6 Å². The second kappa shape index (κ2) is 8.36. The Kier molecular flexibility index (Phi) is 6.24. The van der Waals surface area contributed by atoms with Gasteiger partial charge in [-0.05, 0) is 44.9 Å². The van der Waals surface area contributed by atoms with Crippen molar-refractivity contribution in [1.82, 2.24) is 10.2 Å². The molecule has 1 N–H and O–H groups in total. The van der Waals surface area contributed by atoms with Crippen LogP contribution in [-0.2, 0) is 4.79 Å². The first-order chi connectivity index (χ1) is 13.6. The van der Waals surface area contributed by atoms with E-state index in [1.807, 2.05) is 58.9 Å². The molecule has 2 amide bonds. The van der Waals surface area contributed by atoms with Gasteiger partial charge in [-0.2, -0.15) is 0 Å². The van der Waals surface area contributed by atoms with E-state index in [0.29, 0.717) is 27.1 Å². The second-order valence-electron chi connectivity index (χ2n) is 8.64. The van der Waals surface area contributed by atoms with Crippen molar-refractivity contribution < 1.29 is 14.3 Å². The number of para-hydroxylation sites is 1. The van der Waals surface area contributed by atoms with Gasteiger partial charge in [0.05, 0.1) is 15.8 Å². The molecule has 2 aromatic rings. The zero-order chi connectivity index (χ0) is 21.3. The molecule has 5 nitrogen and oxygen atoms in total. The molecule has 3 rings (SSSR count). The van der Waals surface area contributed by atoms with Crippen LogP contribution in [0, 0.1) is 5.92 Å². The predicted molar refractivity (Wildman–Crippen MR) is 117 cm³/mol. The molecular formula is C22H27ClN2O3S. The number of hydrogen-bond acceptors (Lipinski definition) is 4. The highest BCUT2D eigenvalue weighted by Crippen LogP contribution is 2.37. The van der Waals surface area contributed by atoms with Gasteiger partial charge in [-0.25, -0.2) is 0 Å². The largest absolute Gasteiger partial charge is 0.488 e. The Bertz CT molecular complexity index is 903. The number of hydrogen-bond donors (Lipinski definition) is 1. The van der Waals surface area contributed by atoms with Crippen molar-refractivity contribution in [2.75, 3.05) is 6.54 Å². The monoisotopic (exact) mass is 434 g/mol. The predicted octanol–water partition coefficient (Wildman–Crippen LogP) is 4.92. The number of ether oxygens (including phenoxy) is 1. The maximum absolute atomic E-state index is 13.5. The summed E-state index contributed by atoms with van der Waals surface area (Å²) in [4.78, 5) is 29.0. The number of rotatable bonds is 3. The van der Waals surface area contributed by atoms with Gasteiger partial charge < -0.3 is 15.0 Å². The fourth-order valence-corrected chi connectivity index (χ4v) is 4.32. The molecule has 7 heteroatoms. The van der Waals surface area contributed by atoms with E-state index in [0.717, 1.165) is 0 Å². The molecule has 0 fully saturated rings. The molecule has 0 radical (unpaired) electrons. The minimum absolute atomic E-state index is 0.162. The van der Waals surface area contributed by atoms with Gasteiger partial charge in [0, 0.05) is 11.1 Å². The van der Waals surface area contributed by atoms with Crippen LogP contribution in [0.4, 0.5) is 0 Å². The molecule has 0 spiro atoms. The highest BCUT2D eigenvalue weighted by atomic mass is 35.5. The second-order valence-corrected chi connectivity index (χ2v) is 10.4. The zero-order valence-electron chi connectivity index (χ0n) is 17.4. The number of nitrogens with zero attached hydrogens (tertiary/aromatic N) is 1. The van der Waals surface area contributed by atoms with E-state index >= 15 is 0 Å². The van der Waals surface area contributed by atoms with Crippen molar-refractivity contribution in [1.29, 1.82) is 0 Å². The molecule has 1 aliphatic rings. The van der Waals surface area contributed by atoms with Crippen LogP contribution in [0.2, 0.25) is 4.34 Å². The lowest BCUT2D eigenvalue weighted by Crippen LogP contribution is -2.50. The molecular weight excluding hydrogens is 408 g/mol. The molecule has 2 atom stereocenters. The normalized spacial score (nSPS) is 19.3. The highest BCUT2D eigenvalue weighted by Gasteiger charge is 2.40. The molecule has 2 heterocycles. The summed E-state index contributed by atoms with van der Waals surface area (Å²) in [6, 6.07) is 10.1. The number of carbonyl (C=O) groups is 2. The third-order valence-electron chi connectivity index (χ3n) is 4.72. The fourth-order valence-electron chi connectivity index (χ4n) is 3.32. The first-order valence-electron chi connectivity index (χ1n) is 9.71. The van der Waals surface area contributed by atoms with Crippen molar-refractivity contribution >= 4 is 34.8 Å². The highest BCUT2D eigenvalue weighted by molar-refractivity contribution is 7.18. The maximum atomic E-state index is 13.5. The quantitative estimate of drug-likeness (QED) is 0.746. The number of halogens is 1. The Balaban J connectivity index is 2.11. The lowest BCUT2D eigenvalue weighted by Gasteiger charge is -2.33. The molecule has 29 heavy (non-hydrogen) atoms. The van der Waals surface area contributed by atoms with Gasteiger partial charge in [-0.3, -0.25) is 9.59 Å². The van der Waals surface area contributed by atoms with Crippen LogP contribution in [0.15, 0.2) is 36.4 Å². The van der Waals surface area contributed by atoms with Crippen LogP contribution in [0.5, 0.6) is 5.75 Å². The van der Waals surface area contributed by atoms with Gasteiger partial charge in [0.15, 0.2) is 0 Å². The Morgan fingerprint density at radius 3 is 2.48 bits per heavy atom. The third-order valence-corrected chi connectivity index (χ3v) is 5.93. The number of nitrogens with one attached hydrogen (secondary N) is 1. The smallest absolute Gasteiger partial charge is 0.265 e. The van der Waals surface area contributed by atoms with E-state index in [-0.39, 0.29) is 23.8 Å². The summed E-state index contributed by atoms with van der Waals surface area (Å²) in [6.45, 7) is 10.2. The maximum Gasteiger partial charge on any atom is 0.265 e. The molecule has 1 aliphatic heterocycles. The van der Waals surface area contributed by atoms with Crippen molar-refractivity contribution in [3.63, 3.8) is 0 Å². The van der Waals surface area contributed by atoms with E-state index in [4.69, 9.17) is 16.3 Å². The molecule has 1 aromatic heterocycles. The Hall–Kier alpha value is -2.05. The summed E-state index contributed by atoms with van der Waals surface area (Å²) in [6.07, 6.45) is -0.233. The molecule has 0 saturated carbocycles. The number of amides is 2. The van der Waals surface area contributed by atoms with Gasteiger partial charge in [-0.15, -0.1) is 11.3 Å². The number of thiophene rings is 1. The lowest BCUT2D eigenvalue weighted by molar-refractivity contribution is -0.127. The van der Waals surface area contributed by atoms with E-state index in [9.17, 15) is 9.59 Å². The fraction of sp³-hybridized carbons (Fsp3) is 0.455. The van der Waals surface area contributed by atoms with Gasteiger partial charge in [0.2, 0.25) is 5.91 Å². The Morgan fingerprint density at radius 2 is 1.90 bits per heavy atom. The van der Waals surface area contributed by atoms with Crippen molar-refractivity contribution in [3.05, 3.63) is 51.2 Å². The Labute approximate surface area is 181 Å². The number of benzene rings is 1. The summed E-state index contributed by atoms with van der Waals surface area (Å²) >= 11 is 7.28. The first kappa shape index (κ1) is 21.7. The van der Waals surface area contributed by atoms with Crippen molar-refractivity contribution in [3.8, 4) is 5.75 Å². The van der Waals surface area contributed by atoms with Gasteiger partial charge >= 0.3 is 0 Å². The lowest BCUT2D eigenvalue weighted by atomic mass is 10.0. The zero-order valence-corrected chi connectivity index (χ0v) is 18.9. The minimum atomic E-state index is -0.789. The van der Waals surface area contributed by atoms with Crippen LogP contribution < -0.4 is 10.1 Å². The molecule has 1 aromatic carbocycles. The summed E-state index contributed by atoms with van der Waals surface area (Å²) in [5.74, 6) is 0.352. The van der Waals surface area contributed by atoms with Crippen molar-refractivity contribution in [2.24, 2.45) is 5.92 Å². The van der Waals surface area contributed by atoms with Crippen molar-refractivity contribution in [2.45, 2.75) is 52.3 Å². The first-order valence-corrected chi connectivity index (χ1v) is 10.9. The average Bonchev–Trinajstić information content (AvgIpc) is 2.97. The third kappa shape index (κ3) is 4.93. The van der Waals surface area contributed by atoms with Crippen LogP contribution >= 0.6 is 22.9 Å². The molecule has 156 valence electrons.